The number of rotatable bonds is 3. The van der Waals surface area contributed by atoms with E-state index in [0.29, 0.717) is 6.61 Å². The van der Waals surface area contributed by atoms with Crippen LogP contribution in [0, 0.1) is 5.41 Å². The van der Waals surface area contributed by atoms with Crippen LogP contribution in [0.25, 0.3) is 0 Å². The fourth-order valence-corrected chi connectivity index (χ4v) is 3.88. The van der Waals surface area contributed by atoms with Crippen LogP contribution in [-0.4, -0.2) is 39.3 Å². The van der Waals surface area contributed by atoms with Gasteiger partial charge in [-0.3, -0.25) is 4.79 Å². The minimum atomic E-state index is -0.366. The van der Waals surface area contributed by atoms with Crippen molar-refractivity contribution in [2.24, 2.45) is 5.41 Å². The highest BCUT2D eigenvalue weighted by molar-refractivity contribution is 9.10. The molecule has 0 bridgehead atoms. The van der Waals surface area contributed by atoms with Crippen molar-refractivity contribution in [2.45, 2.75) is 19.3 Å². The van der Waals surface area contributed by atoms with E-state index in [1.54, 1.807) is 7.11 Å². The van der Waals surface area contributed by atoms with Gasteiger partial charge in [0.1, 0.15) is 0 Å². The average molecular weight is 390 g/mol. The Morgan fingerprint density at radius 1 is 1.41 bits per heavy atom. The Kier molecular flexibility index (Phi) is 5.88. The van der Waals surface area contributed by atoms with Crippen molar-refractivity contribution in [3.63, 3.8) is 0 Å². The van der Waals surface area contributed by atoms with Gasteiger partial charge < -0.3 is 15.0 Å². The van der Waals surface area contributed by atoms with Gasteiger partial charge in [0.25, 0.3) is 0 Å². The van der Waals surface area contributed by atoms with Gasteiger partial charge in [-0.15, -0.1) is 12.4 Å². The third kappa shape index (κ3) is 3.18. The largest absolute Gasteiger partial charge is 0.384 e. The highest BCUT2D eigenvalue weighted by atomic mass is 79.9. The molecule has 0 spiro atoms. The number of carbonyl (C=O) groups is 1. The first-order chi connectivity index (χ1) is 10.2. The van der Waals surface area contributed by atoms with Gasteiger partial charge in [0, 0.05) is 23.8 Å². The maximum atomic E-state index is 13.2. The van der Waals surface area contributed by atoms with E-state index in [0.717, 1.165) is 49.1 Å². The summed E-state index contributed by atoms with van der Waals surface area (Å²) in [5.74, 6) is 0.229. The molecule has 4 nitrogen and oxygen atoms in total. The molecule has 2 aliphatic heterocycles. The van der Waals surface area contributed by atoms with Crippen molar-refractivity contribution in [3.8, 4) is 0 Å². The Hall–Kier alpha value is -0.620. The zero-order valence-corrected chi connectivity index (χ0v) is 15.1. The van der Waals surface area contributed by atoms with E-state index in [1.807, 2.05) is 17.0 Å². The van der Waals surface area contributed by atoms with Crippen molar-refractivity contribution in [1.82, 2.24) is 5.32 Å². The Morgan fingerprint density at radius 3 is 2.82 bits per heavy atom. The molecule has 6 heteroatoms. The fourth-order valence-electron chi connectivity index (χ4n) is 3.47. The number of fused-ring (bicyclic) bond motifs is 1. The fraction of sp³-hybridized carbons (Fsp3) is 0.562. The molecule has 1 aromatic rings. The molecule has 0 unspecified atom stereocenters. The second kappa shape index (κ2) is 7.30. The van der Waals surface area contributed by atoms with E-state index in [4.69, 9.17) is 4.74 Å². The Morgan fingerprint density at radius 2 is 2.14 bits per heavy atom. The molecular formula is C16H22BrClN2O2. The van der Waals surface area contributed by atoms with Crippen LogP contribution in [0.3, 0.4) is 0 Å². The normalized spacial score (nSPS) is 19.5. The van der Waals surface area contributed by atoms with Gasteiger partial charge in [0.15, 0.2) is 0 Å². The SMILES string of the molecule is COCC1(C(=O)N2CCc3cc(Br)ccc32)CCNCC1.Cl. The molecule has 122 valence electrons. The van der Waals surface area contributed by atoms with Gasteiger partial charge >= 0.3 is 0 Å². The summed E-state index contributed by atoms with van der Waals surface area (Å²) < 4.78 is 6.46. The van der Waals surface area contributed by atoms with Crippen LogP contribution in [0.2, 0.25) is 0 Å². The topological polar surface area (TPSA) is 41.6 Å². The minimum absolute atomic E-state index is 0. The van der Waals surface area contributed by atoms with Crippen molar-refractivity contribution < 1.29 is 9.53 Å². The predicted octanol–water partition coefficient (Wildman–Crippen LogP) is 2.78. The maximum absolute atomic E-state index is 13.2. The quantitative estimate of drug-likeness (QED) is 0.864. The summed E-state index contributed by atoms with van der Waals surface area (Å²) in [5, 5.41) is 3.34. The molecular weight excluding hydrogens is 368 g/mol. The van der Waals surface area contributed by atoms with Gasteiger partial charge in [-0.2, -0.15) is 0 Å². The van der Waals surface area contributed by atoms with Crippen molar-refractivity contribution in [3.05, 3.63) is 28.2 Å². The van der Waals surface area contributed by atoms with Crippen LogP contribution >= 0.6 is 28.3 Å². The molecule has 22 heavy (non-hydrogen) atoms. The number of methoxy groups -OCH3 is 1. The molecule has 1 aromatic carbocycles. The Bertz CT molecular complexity index is 541. The summed E-state index contributed by atoms with van der Waals surface area (Å²) in [6.45, 7) is 3.06. The lowest BCUT2D eigenvalue weighted by Gasteiger charge is -2.38. The summed E-state index contributed by atoms with van der Waals surface area (Å²) in [6.07, 6.45) is 2.63. The monoisotopic (exact) mass is 388 g/mol. The number of anilines is 1. The number of halogens is 2. The van der Waals surface area contributed by atoms with Gasteiger partial charge in [-0.1, -0.05) is 15.9 Å². The first-order valence-corrected chi connectivity index (χ1v) is 8.26. The van der Waals surface area contributed by atoms with Crippen molar-refractivity contribution in [2.75, 3.05) is 38.3 Å². The molecule has 1 amide bonds. The lowest BCUT2D eigenvalue weighted by molar-refractivity contribution is -0.133. The standard InChI is InChI=1S/C16H21BrN2O2.ClH/c1-21-11-16(5-7-18-8-6-16)15(20)19-9-4-12-10-13(17)2-3-14(12)19;/h2-3,10,18H,4-9,11H2,1H3;1H. The van der Waals surface area contributed by atoms with Crippen LogP contribution in [0.1, 0.15) is 18.4 Å². The number of nitrogens with one attached hydrogen (secondary N) is 1. The number of amides is 1. The van der Waals surface area contributed by atoms with E-state index in [9.17, 15) is 4.79 Å². The van der Waals surface area contributed by atoms with Gasteiger partial charge in [-0.05, 0) is 56.1 Å². The highest BCUT2D eigenvalue weighted by Gasteiger charge is 2.43. The Balaban J connectivity index is 0.00000176. The summed E-state index contributed by atoms with van der Waals surface area (Å²) >= 11 is 3.50. The molecule has 2 aliphatic rings. The number of carbonyl (C=O) groups excluding carboxylic acids is 1. The highest BCUT2D eigenvalue weighted by Crippen LogP contribution is 2.37. The first-order valence-electron chi connectivity index (χ1n) is 7.46. The van der Waals surface area contributed by atoms with Gasteiger partial charge in [-0.25, -0.2) is 0 Å². The van der Waals surface area contributed by atoms with E-state index in [2.05, 4.69) is 27.3 Å². The summed E-state index contributed by atoms with van der Waals surface area (Å²) in [6, 6.07) is 6.18. The van der Waals surface area contributed by atoms with E-state index in [1.165, 1.54) is 5.56 Å². The average Bonchev–Trinajstić information content (AvgIpc) is 2.90. The second-order valence-corrected chi connectivity index (χ2v) is 6.86. The number of nitrogens with zero attached hydrogens (tertiary/aromatic N) is 1. The molecule has 0 atom stereocenters. The maximum Gasteiger partial charge on any atom is 0.235 e. The van der Waals surface area contributed by atoms with Crippen LogP contribution in [0.15, 0.2) is 22.7 Å². The summed E-state index contributed by atoms with van der Waals surface area (Å²) in [5.41, 5.74) is 1.95. The van der Waals surface area contributed by atoms with E-state index >= 15 is 0 Å². The molecule has 3 rings (SSSR count). The number of benzene rings is 1. The summed E-state index contributed by atoms with van der Waals surface area (Å²) in [7, 11) is 1.69. The number of hydrogen-bond donors (Lipinski definition) is 1. The van der Waals surface area contributed by atoms with E-state index < -0.39 is 0 Å². The lowest BCUT2D eigenvalue weighted by Crippen LogP contribution is -2.51. The minimum Gasteiger partial charge on any atom is -0.384 e. The molecule has 0 radical (unpaired) electrons. The van der Waals surface area contributed by atoms with Crippen LogP contribution in [-0.2, 0) is 16.0 Å². The predicted molar refractivity (Wildman–Crippen MR) is 93.9 cm³/mol. The second-order valence-electron chi connectivity index (χ2n) is 5.94. The van der Waals surface area contributed by atoms with Gasteiger partial charge in [0.05, 0.1) is 12.0 Å². The van der Waals surface area contributed by atoms with Crippen LogP contribution < -0.4 is 10.2 Å². The van der Waals surface area contributed by atoms with Crippen LogP contribution in [0.4, 0.5) is 5.69 Å². The zero-order chi connectivity index (χ0) is 14.9. The third-order valence-electron chi connectivity index (χ3n) is 4.62. The number of hydrogen-bond acceptors (Lipinski definition) is 3. The molecule has 0 aliphatic carbocycles. The van der Waals surface area contributed by atoms with Gasteiger partial charge in [0.2, 0.25) is 5.91 Å². The molecule has 0 aromatic heterocycles. The van der Waals surface area contributed by atoms with E-state index in [-0.39, 0.29) is 23.7 Å². The lowest BCUT2D eigenvalue weighted by atomic mass is 9.78. The molecule has 0 saturated carbocycles. The molecule has 2 heterocycles. The third-order valence-corrected chi connectivity index (χ3v) is 5.11. The van der Waals surface area contributed by atoms with Crippen LogP contribution in [0.5, 0.6) is 0 Å². The Labute approximate surface area is 146 Å². The van der Waals surface area contributed by atoms with Crippen molar-refractivity contribution >= 4 is 39.9 Å². The zero-order valence-electron chi connectivity index (χ0n) is 12.7. The molecule has 1 N–H and O–H groups in total. The molecule has 1 fully saturated rings. The first kappa shape index (κ1) is 17.7. The number of ether oxygens (including phenoxy) is 1. The smallest absolute Gasteiger partial charge is 0.235 e. The number of piperidine rings is 1. The van der Waals surface area contributed by atoms with Crippen molar-refractivity contribution in [1.29, 1.82) is 0 Å². The molecule has 1 saturated heterocycles. The summed E-state index contributed by atoms with van der Waals surface area (Å²) in [4.78, 5) is 15.1.